The van der Waals surface area contributed by atoms with Crippen molar-refractivity contribution in [2.75, 3.05) is 0 Å². The van der Waals surface area contributed by atoms with Gasteiger partial charge in [-0.2, -0.15) is 0 Å². The Morgan fingerprint density at radius 1 is 1.30 bits per heavy atom. The van der Waals surface area contributed by atoms with Gasteiger partial charge in [-0.05, 0) is 12.1 Å². The predicted molar refractivity (Wildman–Crippen MR) is 36.0 cm³/mol. The number of aromatic hydroxyl groups is 1. The first kappa shape index (κ1) is 9.20. The van der Waals surface area contributed by atoms with Crippen LogP contribution in [0.2, 0.25) is 0 Å². The maximum absolute atomic E-state index is 8.96. The van der Waals surface area contributed by atoms with Gasteiger partial charge in [-0.3, -0.25) is 0 Å². The van der Waals surface area contributed by atoms with Gasteiger partial charge < -0.3 is 10.5 Å². The molecule has 0 saturated carbocycles. The third-order valence-electron chi connectivity index (χ3n) is 1.09. The first-order chi connectivity index (χ1) is 4.34. The van der Waals surface area contributed by atoms with Crippen molar-refractivity contribution in [3.05, 3.63) is 29.8 Å². The van der Waals surface area contributed by atoms with E-state index in [1.54, 1.807) is 24.3 Å². The Morgan fingerprint density at radius 2 is 1.90 bits per heavy atom. The van der Waals surface area contributed by atoms with Gasteiger partial charge in [0.05, 0.1) is 0 Å². The van der Waals surface area contributed by atoms with Crippen molar-refractivity contribution in [3.63, 3.8) is 0 Å². The van der Waals surface area contributed by atoms with Crippen molar-refractivity contribution in [1.29, 1.82) is 5.41 Å². The number of nitrogens with one attached hydrogen (secondary N) is 1. The van der Waals surface area contributed by atoms with Crippen LogP contribution in [0, 0.1) is 5.41 Å². The van der Waals surface area contributed by atoms with Crippen LogP contribution < -0.4 is 0 Å². The molecule has 0 aliphatic heterocycles. The second-order valence-electron chi connectivity index (χ2n) is 1.70. The summed E-state index contributed by atoms with van der Waals surface area (Å²) < 4.78 is 0. The normalized spacial score (nSPS) is 8.00. The van der Waals surface area contributed by atoms with Crippen LogP contribution in [0.4, 0.5) is 0 Å². The molecule has 1 radical (unpaired) electrons. The molecule has 0 unspecified atom stereocenters. The number of para-hydroxylation sites is 1. The van der Waals surface area contributed by atoms with E-state index in [9.17, 15) is 0 Å². The second-order valence-corrected chi connectivity index (χ2v) is 1.70. The van der Waals surface area contributed by atoms with E-state index < -0.39 is 0 Å². The summed E-state index contributed by atoms with van der Waals surface area (Å²) in [5.41, 5.74) is 0.553. The Morgan fingerprint density at radius 3 is 2.30 bits per heavy atom. The van der Waals surface area contributed by atoms with Gasteiger partial charge in [0.25, 0.3) is 0 Å². The van der Waals surface area contributed by atoms with Gasteiger partial charge in [-0.25, -0.2) is 0 Å². The van der Waals surface area contributed by atoms with E-state index in [0.717, 1.165) is 6.21 Å². The average molecular weight is 180 g/mol. The topological polar surface area (TPSA) is 44.1 Å². The van der Waals surface area contributed by atoms with Crippen molar-refractivity contribution in [3.8, 4) is 5.75 Å². The molecule has 2 N–H and O–H groups in total. The summed E-state index contributed by atoms with van der Waals surface area (Å²) in [7, 11) is 0. The minimum absolute atomic E-state index is 0. The summed E-state index contributed by atoms with van der Waals surface area (Å²) in [5, 5.41) is 15.8. The first-order valence-corrected chi connectivity index (χ1v) is 2.63. The zero-order valence-corrected chi connectivity index (χ0v) is 6.21. The van der Waals surface area contributed by atoms with Crippen molar-refractivity contribution < 1.29 is 21.9 Å². The van der Waals surface area contributed by atoms with E-state index in [1.165, 1.54) is 0 Å². The largest absolute Gasteiger partial charge is 0.507 e. The molecule has 1 aromatic carbocycles. The van der Waals surface area contributed by atoms with Crippen LogP contribution in [0.3, 0.4) is 0 Å². The molecule has 1 aromatic rings. The summed E-state index contributed by atoms with van der Waals surface area (Å²) in [5.74, 6) is 0.160. The maximum atomic E-state index is 8.96. The molecule has 0 saturated heterocycles. The molecule has 0 atom stereocenters. The Labute approximate surface area is 69.6 Å². The number of phenols is 1. The average Bonchev–Trinajstić information content (AvgIpc) is 1.89. The Kier molecular flexibility index (Phi) is 3.75. The number of rotatable bonds is 1. The molecule has 10 heavy (non-hydrogen) atoms. The maximum Gasteiger partial charge on any atom is 0.124 e. The Bertz CT molecular complexity index is 225. The van der Waals surface area contributed by atoms with Crippen molar-refractivity contribution in [2.24, 2.45) is 0 Å². The van der Waals surface area contributed by atoms with E-state index >= 15 is 0 Å². The van der Waals surface area contributed by atoms with Crippen LogP contribution in [0.25, 0.3) is 0 Å². The third kappa shape index (κ3) is 1.86. The number of phenolic OH excluding ortho intramolecular Hbond substituents is 1. The zero-order valence-electron chi connectivity index (χ0n) is 5.17. The second kappa shape index (κ2) is 4.08. The van der Waals surface area contributed by atoms with Crippen molar-refractivity contribution in [1.82, 2.24) is 0 Å². The van der Waals surface area contributed by atoms with E-state index in [-0.39, 0.29) is 22.5 Å². The molecular formula is C7H7CoNO. The molecule has 0 bridgehead atoms. The summed E-state index contributed by atoms with van der Waals surface area (Å²) in [4.78, 5) is 0. The molecule has 0 heterocycles. The predicted octanol–water partition coefficient (Wildman–Crippen LogP) is 1.39. The molecule has 55 valence electrons. The third-order valence-corrected chi connectivity index (χ3v) is 1.09. The standard InChI is InChI=1S/C7H7NO.Co/c8-5-6-3-1-2-4-7(6)9;/h1-5,8-9H;. The van der Waals surface area contributed by atoms with E-state index in [4.69, 9.17) is 10.5 Å². The minimum Gasteiger partial charge on any atom is -0.507 e. The molecule has 0 spiro atoms. The SMILES string of the molecule is N=Cc1ccccc1O.[Co]. The van der Waals surface area contributed by atoms with Crippen LogP contribution in [0.1, 0.15) is 5.56 Å². The van der Waals surface area contributed by atoms with Crippen LogP contribution in [-0.2, 0) is 16.8 Å². The van der Waals surface area contributed by atoms with Crippen LogP contribution in [0.15, 0.2) is 24.3 Å². The van der Waals surface area contributed by atoms with Gasteiger partial charge in [0.2, 0.25) is 0 Å². The fourth-order valence-corrected chi connectivity index (χ4v) is 0.610. The molecule has 0 amide bonds. The smallest absolute Gasteiger partial charge is 0.124 e. The van der Waals surface area contributed by atoms with Gasteiger partial charge in [0.15, 0.2) is 0 Å². The molecule has 3 heteroatoms. The van der Waals surface area contributed by atoms with Gasteiger partial charge >= 0.3 is 0 Å². The van der Waals surface area contributed by atoms with E-state index in [0.29, 0.717) is 5.56 Å². The first-order valence-electron chi connectivity index (χ1n) is 2.63. The Hall–Kier alpha value is -0.804. The molecule has 1 rings (SSSR count). The van der Waals surface area contributed by atoms with Crippen molar-refractivity contribution in [2.45, 2.75) is 0 Å². The molecule has 0 aromatic heterocycles. The molecule has 2 nitrogen and oxygen atoms in total. The van der Waals surface area contributed by atoms with Gasteiger partial charge in [-0.15, -0.1) is 0 Å². The molecule has 0 aliphatic rings. The van der Waals surface area contributed by atoms with Crippen LogP contribution in [-0.4, -0.2) is 11.3 Å². The summed E-state index contributed by atoms with van der Waals surface area (Å²) in [6.45, 7) is 0. The van der Waals surface area contributed by atoms with Crippen LogP contribution >= 0.6 is 0 Å². The fourth-order valence-electron chi connectivity index (χ4n) is 0.610. The van der Waals surface area contributed by atoms with E-state index in [2.05, 4.69) is 0 Å². The minimum atomic E-state index is 0. The quantitative estimate of drug-likeness (QED) is 0.630. The summed E-state index contributed by atoms with van der Waals surface area (Å²) in [6.07, 6.45) is 1.12. The fraction of sp³-hybridized carbons (Fsp3) is 0. The van der Waals surface area contributed by atoms with Gasteiger partial charge in [0.1, 0.15) is 5.75 Å². The monoisotopic (exact) mass is 180 g/mol. The Balaban J connectivity index is 0.000000810. The van der Waals surface area contributed by atoms with Crippen molar-refractivity contribution >= 4 is 6.21 Å². The van der Waals surface area contributed by atoms with E-state index in [1.807, 2.05) is 0 Å². The van der Waals surface area contributed by atoms with Gasteiger partial charge in [-0.1, -0.05) is 12.1 Å². The molecule has 0 fully saturated rings. The van der Waals surface area contributed by atoms with Crippen LogP contribution in [0.5, 0.6) is 5.75 Å². The summed E-state index contributed by atoms with van der Waals surface area (Å²) >= 11 is 0. The molecular weight excluding hydrogens is 173 g/mol. The number of benzene rings is 1. The number of hydrogen-bond acceptors (Lipinski definition) is 2. The molecule has 0 aliphatic carbocycles. The number of hydrogen-bond donors (Lipinski definition) is 2. The van der Waals surface area contributed by atoms with Gasteiger partial charge in [0, 0.05) is 28.6 Å². The zero-order chi connectivity index (χ0) is 6.69. The summed E-state index contributed by atoms with van der Waals surface area (Å²) in [6, 6.07) is 6.74.